The molecule has 120 valence electrons. The molecule has 0 amide bonds. The van der Waals surface area contributed by atoms with Gasteiger partial charge >= 0.3 is 0 Å². The topological polar surface area (TPSA) is 68.9 Å². The maximum atomic E-state index is 11.2. The molecule has 5 nitrogen and oxygen atoms in total. The molecule has 0 fully saturated rings. The minimum absolute atomic E-state index is 0.0176. The minimum Gasteiger partial charge on any atom is -0.264 e. The Balaban J connectivity index is 1.78. The van der Waals surface area contributed by atoms with E-state index in [-0.39, 0.29) is 5.69 Å². The van der Waals surface area contributed by atoms with Crippen LogP contribution in [0.15, 0.2) is 67.0 Å². The van der Waals surface area contributed by atoms with Gasteiger partial charge in [0.2, 0.25) is 0 Å². The first-order chi connectivity index (χ1) is 12.2. The summed E-state index contributed by atoms with van der Waals surface area (Å²) < 4.78 is 0. The van der Waals surface area contributed by atoms with E-state index in [9.17, 15) is 10.1 Å². The third-order valence-electron chi connectivity index (χ3n) is 4.07. The Morgan fingerprint density at radius 3 is 2.64 bits per heavy atom. The molecule has 2 aromatic carbocycles. The molecule has 0 aliphatic rings. The van der Waals surface area contributed by atoms with Crippen LogP contribution in [-0.2, 0) is 0 Å². The molecule has 0 aliphatic carbocycles. The highest BCUT2D eigenvalue weighted by Gasteiger charge is 2.12. The fourth-order valence-corrected chi connectivity index (χ4v) is 2.85. The van der Waals surface area contributed by atoms with Gasteiger partial charge in [-0.25, -0.2) is 4.98 Å². The van der Waals surface area contributed by atoms with Gasteiger partial charge < -0.3 is 0 Å². The second-order valence-corrected chi connectivity index (χ2v) is 5.62. The number of nitro benzene ring substituents is 1. The third-order valence-corrected chi connectivity index (χ3v) is 4.07. The normalized spacial score (nSPS) is 11.4. The van der Waals surface area contributed by atoms with Gasteiger partial charge in [-0.05, 0) is 29.2 Å². The quantitative estimate of drug-likeness (QED) is 0.398. The monoisotopic (exact) mass is 327 g/mol. The van der Waals surface area contributed by atoms with Crippen LogP contribution in [-0.4, -0.2) is 14.9 Å². The highest BCUT2D eigenvalue weighted by Crippen LogP contribution is 2.25. The average molecular weight is 327 g/mol. The van der Waals surface area contributed by atoms with Gasteiger partial charge in [0.25, 0.3) is 5.69 Å². The van der Waals surface area contributed by atoms with Crippen molar-refractivity contribution in [2.75, 3.05) is 0 Å². The lowest BCUT2D eigenvalue weighted by atomic mass is 10.1. The Morgan fingerprint density at radius 1 is 0.920 bits per heavy atom. The molecule has 4 aromatic rings. The maximum Gasteiger partial charge on any atom is 0.295 e. The van der Waals surface area contributed by atoms with Gasteiger partial charge in [0.15, 0.2) is 0 Å². The summed E-state index contributed by atoms with van der Waals surface area (Å²) in [6.45, 7) is 0. The number of hydrogen-bond donors (Lipinski definition) is 0. The average Bonchev–Trinajstić information content (AvgIpc) is 2.65. The first-order valence-corrected chi connectivity index (χ1v) is 7.77. The van der Waals surface area contributed by atoms with Crippen molar-refractivity contribution in [3.63, 3.8) is 0 Å². The summed E-state index contributed by atoms with van der Waals surface area (Å²) in [5.74, 6) is 0. The van der Waals surface area contributed by atoms with Gasteiger partial charge in [-0.2, -0.15) is 0 Å². The fourth-order valence-electron chi connectivity index (χ4n) is 2.85. The number of fused-ring (bicyclic) bond motifs is 2. The van der Waals surface area contributed by atoms with E-state index in [4.69, 9.17) is 0 Å². The molecule has 0 N–H and O–H groups in total. The standard InChI is InChI=1S/C20H13N3O2/c24-23(25)19-6-2-4-15-8-10-17(22-20(15)19)9-7-14-3-1-5-16-13-21-12-11-18(14)16/h1-13H/b9-7+. The number of non-ortho nitro benzene ring substituents is 1. The molecule has 0 aliphatic heterocycles. The summed E-state index contributed by atoms with van der Waals surface area (Å²) in [5.41, 5.74) is 2.14. The van der Waals surface area contributed by atoms with Crippen LogP contribution in [0.2, 0.25) is 0 Å². The van der Waals surface area contributed by atoms with Crippen LogP contribution in [0.4, 0.5) is 5.69 Å². The molecule has 0 bridgehead atoms. The number of para-hydroxylation sites is 1. The minimum atomic E-state index is -0.402. The van der Waals surface area contributed by atoms with Gasteiger partial charge in [-0.15, -0.1) is 0 Å². The molecular formula is C20H13N3O2. The molecule has 0 spiro atoms. The fraction of sp³-hybridized carbons (Fsp3) is 0. The number of pyridine rings is 2. The molecule has 0 saturated carbocycles. The molecule has 0 saturated heterocycles. The highest BCUT2D eigenvalue weighted by atomic mass is 16.6. The van der Waals surface area contributed by atoms with E-state index < -0.39 is 4.92 Å². The zero-order valence-electron chi connectivity index (χ0n) is 13.2. The first kappa shape index (κ1) is 15.0. The molecule has 2 aromatic heterocycles. The van der Waals surface area contributed by atoms with Crippen molar-refractivity contribution in [1.29, 1.82) is 0 Å². The lowest BCUT2D eigenvalue weighted by Crippen LogP contribution is -1.92. The van der Waals surface area contributed by atoms with Gasteiger partial charge in [-0.3, -0.25) is 15.1 Å². The SMILES string of the molecule is O=[N+]([O-])c1cccc2ccc(/C=C/c3cccc4cnccc34)nc12. The van der Waals surface area contributed by atoms with Crippen molar-refractivity contribution in [2.45, 2.75) is 0 Å². The van der Waals surface area contributed by atoms with Crippen LogP contribution in [0.5, 0.6) is 0 Å². The van der Waals surface area contributed by atoms with Crippen LogP contribution in [0.1, 0.15) is 11.3 Å². The Labute approximate surface area is 143 Å². The summed E-state index contributed by atoms with van der Waals surface area (Å²) in [6.07, 6.45) is 7.41. The van der Waals surface area contributed by atoms with E-state index >= 15 is 0 Å². The summed E-state index contributed by atoms with van der Waals surface area (Å²) >= 11 is 0. The van der Waals surface area contributed by atoms with E-state index in [0.29, 0.717) is 11.2 Å². The Morgan fingerprint density at radius 2 is 1.76 bits per heavy atom. The predicted octanol–water partition coefficient (Wildman–Crippen LogP) is 4.86. The Hall–Kier alpha value is -3.60. The molecule has 2 heterocycles. The highest BCUT2D eigenvalue weighted by molar-refractivity contribution is 5.93. The van der Waals surface area contributed by atoms with Crippen molar-refractivity contribution in [1.82, 2.24) is 9.97 Å². The Kier molecular flexibility index (Phi) is 3.67. The van der Waals surface area contributed by atoms with Crippen LogP contribution >= 0.6 is 0 Å². The van der Waals surface area contributed by atoms with Gasteiger partial charge in [0.05, 0.1) is 10.6 Å². The van der Waals surface area contributed by atoms with Crippen molar-refractivity contribution >= 4 is 39.5 Å². The number of hydrogen-bond acceptors (Lipinski definition) is 4. The number of nitro groups is 1. The first-order valence-electron chi connectivity index (χ1n) is 7.77. The van der Waals surface area contributed by atoms with E-state index in [0.717, 1.165) is 21.7 Å². The zero-order valence-corrected chi connectivity index (χ0v) is 13.2. The smallest absolute Gasteiger partial charge is 0.264 e. The van der Waals surface area contributed by atoms with E-state index in [1.54, 1.807) is 12.3 Å². The second kappa shape index (κ2) is 6.13. The molecular weight excluding hydrogens is 314 g/mol. The van der Waals surface area contributed by atoms with Crippen molar-refractivity contribution in [3.8, 4) is 0 Å². The molecule has 5 heteroatoms. The van der Waals surface area contributed by atoms with E-state index in [1.165, 1.54) is 6.07 Å². The van der Waals surface area contributed by atoms with Crippen LogP contribution in [0.25, 0.3) is 33.8 Å². The van der Waals surface area contributed by atoms with Gasteiger partial charge in [0.1, 0.15) is 5.52 Å². The largest absolute Gasteiger partial charge is 0.295 e. The number of aromatic nitrogens is 2. The maximum absolute atomic E-state index is 11.2. The van der Waals surface area contributed by atoms with Crippen LogP contribution < -0.4 is 0 Å². The lowest BCUT2D eigenvalue weighted by Gasteiger charge is -2.02. The molecule has 0 radical (unpaired) electrons. The molecule has 0 atom stereocenters. The van der Waals surface area contributed by atoms with Crippen molar-refractivity contribution in [3.05, 3.63) is 88.4 Å². The summed E-state index contributed by atoms with van der Waals surface area (Å²) in [4.78, 5) is 19.4. The summed E-state index contributed by atoms with van der Waals surface area (Å²) in [5, 5.41) is 14.1. The predicted molar refractivity (Wildman–Crippen MR) is 99.1 cm³/mol. The number of rotatable bonds is 3. The molecule has 4 rings (SSSR count). The van der Waals surface area contributed by atoms with Crippen LogP contribution in [0.3, 0.4) is 0 Å². The van der Waals surface area contributed by atoms with Crippen molar-refractivity contribution < 1.29 is 4.92 Å². The lowest BCUT2D eigenvalue weighted by molar-refractivity contribution is -0.383. The van der Waals surface area contributed by atoms with Gasteiger partial charge in [0, 0.05) is 29.2 Å². The van der Waals surface area contributed by atoms with E-state index in [1.807, 2.05) is 60.8 Å². The molecule has 0 unspecified atom stereocenters. The second-order valence-electron chi connectivity index (χ2n) is 5.62. The zero-order chi connectivity index (χ0) is 17.2. The summed E-state index contributed by atoms with van der Waals surface area (Å²) in [6, 6.07) is 16.6. The van der Waals surface area contributed by atoms with Crippen LogP contribution in [0, 0.1) is 10.1 Å². The number of benzene rings is 2. The molecule has 25 heavy (non-hydrogen) atoms. The van der Waals surface area contributed by atoms with Crippen molar-refractivity contribution in [2.24, 2.45) is 0 Å². The third kappa shape index (κ3) is 2.83. The Bertz CT molecular complexity index is 1130. The summed E-state index contributed by atoms with van der Waals surface area (Å²) in [7, 11) is 0. The number of nitrogens with zero attached hydrogens (tertiary/aromatic N) is 3. The van der Waals surface area contributed by atoms with Gasteiger partial charge in [-0.1, -0.05) is 42.5 Å². The van der Waals surface area contributed by atoms with E-state index in [2.05, 4.69) is 9.97 Å².